The second-order valence-electron chi connectivity index (χ2n) is 4.95. The van der Waals surface area contributed by atoms with E-state index in [1.807, 2.05) is 24.3 Å². The Labute approximate surface area is 130 Å². The Morgan fingerprint density at radius 3 is 2.26 bits per heavy atom. The second kappa shape index (κ2) is 5.80. The number of para-hydroxylation sites is 2. The van der Waals surface area contributed by atoms with E-state index in [4.69, 9.17) is 10.2 Å². The predicted molar refractivity (Wildman–Crippen MR) is 83.1 cm³/mol. The monoisotopic (exact) mass is 311 g/mol. The van der Waals surface area contributed by atoms with Crippen molar-refractivity contribution in [2.75, 3.05) is 0 Å². The Kier molecular flexibility index (Phi) is 3.68. The fourth-order valence-corrected chi connectivity index (χ4v) is 2.26. The summed E-state index contributed by atoms with van der Waals surface area (Å²) in [6, 6.07) is 14.6. The lowest BCUT2D eigenvalue weighted by molar-refractivity contribution is 0.120. The van der Waals surface area contributed by atoms with Gasteiger partial charge in [0.2, 0.25) is 0 Å². The van der Waals surface area contributed by atoms with Gasteiger partial charge in [0, 0.05) is 5.56 Å². The van der Waals surface area contributed by atoms with Crippen LogP contribution in [0.3, 0.4) is 0 Å². The van der Waals surface area contributed by atoms with Gasteiger partial charge in [-0.15, -0.1) is 0 Å². The summed E-state index contributed by atoms with van der Waals surface area (Å²) >= 11 is 0. The fraction of sp³-hybridized carbons (Fsp3) is 0.0625. The molecule has 2 amide bonds. The van der Waals surface area contributed by atoms with Crippen molar-refractivity contribution in [3.63, 3.8) is 0 Å². The molecule has 0 saturated heterocycles. The molecule has 0 aliphatic rings. The van der Waals surface area contributed by atoms with E-state index in [9.17, 15) is 9.59 Å². The topological polar surface area (TPSA) is 107 Å². The molecule has 0 radical (unpaired) electrons. The number of aromatic nitrogens is 2. The van der Waals surface area contributed by atoms with Gasteiger partial charge in [-0.05, 0) is 17.7 Å². The molecule has 23 heavy (non-hydrogen) atoms. The minimum Gasteiger partial charge on any atom is -0.465 e. The van der Waals surface area contributed by atoms with Gasteiger partial charge in [0.25, 0.3) is 0 Å². The van der Waals surface area contributed by atoms with E-state index >= 15 is 0 Å². The van der Waals surface area contributed by atoms with E-state index in [-0.39, 0.29) is 6.54 Å². The smallest absolute Gasteiger partial charge is 0.417 e. The molecule has 3 rings (SSSR count). The van der Waals surface area contributed by atoms with Crippen molar-refractivity contribution in [3.8, 4) is 11.4 Å². The highest BCUT2D eigenvalue weighted by Crippen LogP contribution is 2.21. The van der Waals surface area contributed by atoms with Crippen molar-refractivity contribution in [2.24, 2.45) is 0 Å². The lowest BCUT2D eigenvalue weighted by Gasteiger charge is -2.13. The molecule has 0 saturated carbocycles. The molecule has 0 aliphatic carbocycles. The van der Waals surface area contributed by atoms with Gasteiger partial charge in [-0.3, -0.25) is 0 Å². The fourth-order valence-electron chi connectivity index (χ4n) is 2.26. The second-order valence-corrected chi connectivity index (χ2v) is 4.95. The van der Waals surface area contributed by atoms with Gasteiger partial charge in [0.05, 0.1) is 17.6 Å². The third-order valence-corrected chi connectivity index (χ3v) is 3.42. The molecule has 1 heterocycles. The predicted octanol–water partition coefficient (Wildman–Crippen LogP) is 3.39. The summed E-state index contributed by atoms with van der Waals surface area (Å²) in [5, 5.41) is 17.7. The van der Waals surface area contributed by atoms with E-state index in [0.29, 0.717) is 16.3 Å². The Morgan fingerprint density at radius 1 is 1.00 bits per heavy atom. The molecule has 0 aliphatic heterocycles. The molecule has 7 heteroatoms. The average molecular weight is 311 g/mol. The molecule has 2 aromatic carbocycles. The number of carbonyl (C=O) groups is 2. The zero-order valence-electron chi connectivity index (χ0n) is 11.9. The summed E-state index contributed by atoms with van der Waals surface area (Å²) < 4.78 is 0. The van der Waals surface area contributed by atoms with Crippen LogP contribution in [0.15, 0.2) is 48.5 Å². The van der Waals surface area contributed by atoms with Crippen LogP contribution in [-0.2, 0) is 6.54 Å². The number of imide groups is 1. The van der Waals surface area contributed by atoms with E-state index in [2.05, 4.69) is 9.97 Å². The first-order valence-corrected chi connectivity index (χ1v) is 6.82. The van der Waals surface area contributed by atoms with Gasteiger partial charge in [0.15, 0.2) is 0 Å². The molecule has 116 valence electrons. The average Bonchev–Trinajstić information content (AvgIpc) is 2.96. The number of hydrogen-bond donors (Lipinski definition) is 3. The molecule has 0 spiro atoms. The number of fused-ring (bicyclic) bond motifs is 1. The summed E-state index contributed by atoms with van der Waals surface area (Å²) in [7, 11) is 0. The highest BCUT2D eigenvalue weighted by atomic mass is 16.4. The minimum absolute atomic E-state index is 0.217. The van der Waals surface area contributed by atoms with Crippen LogP contribution in [0.25, 0.3) is 22.4 Å². The van der Waals surface area contributed by atoms with Crippen molar-refractivity contribution >= 4 is 23.2 Å². The third-order valence-electron chi connectivity index (χ3n) is 3.42. The van der Waals surface area contributed by atoms with Gasteiger partial charge in [-0.1, -0.05) is 36.4 Å². The number of hydrogen-bond acceptors (Lipinski definition) is 3. The van der Waals surface area contributed by atoms with Crippen LogP contribution in [0.5, 0.6) is 0 Å². The summed E-state index contributed by atoms with van der Waals surface area (Å²) in [6.45, 7) is -0.217. The molecular formula is C16H13N3O4. The number of H-pyrrole nitrogens is 1. The lowest BCUT2D eigenvalue weighted by atomic mass is 10.1. The maximum atomic E-state index is 10.9. The highest BCUT2D eigenvalue weighted by molar-refractivity contribution is 5.85. The van der Waals surface area contributed by atoms with Crippen molar-refractivity contribution in [1.82, 2.24) is 14.9 Å². The number of aromatic amines is 1. The van der Waals surface area contributed by atoms with Crippen LogP contribution in [0.2, 0.25) is 0 Å². The number of carboxylic acid groups (broad SMARTS) is 2. The molecule has 0 fully saturated rings. The quantitative estimate of drug-likeness (QED) is 0.687. The van der Waals surface area contributed by atoms with Gasteiger partial charge < -0.3 is 15.2 Å². The largest absolute Gasteiger partial charge is 0.465 e. The molecule has 3 aromatic rings. The van der Waals surface area contributed by atoms with Gasteiger partial charge in [-0.25, -0.2) is 19.5 Å². The summed E-state index contributed by atoms with van der Waals surface area (Å²) in [6.07, 6.45) is -3.00. The zero-order chi connectivity index (χ0) is 16.4. The Hall–Kier alpha value is -3.35. The summed E-state index contributed by atoms with van der Waals surface area (Å²) in [5.41, 5.74) is 3.20. The van der Waals surface area contributed by atoms with Crippen LogP contribution in [0.1, 0.15) is 5.56 Å². The summed E-state index contributed by atoms with van der Waals surface area (Å²) in [4.78, 5) is 29.7. The number of imidazole rings is 1. The number of amides is 2. The summed E-state index contributed by atoms with van der Waals surface area (Å²) in [5.74, 6) is 0.700. The standard InChI is InChI=1S/C16H13N3O4/c20-15(21)19(16(22)23)9-10-5-7-11(8-6-10)14-17-12-3-1-2-4-13(12)18-14/h1-8H,9H2,(H,17,18)(H,20,21)(H,22,23). The van der Waals surface area contributed by atoms with E-state index in [0.717, 1.165) is 16.6 Å². The Bertz CT molecular complexity index is 823. The minimum atomic E-state index is -1.50. The number of nitrogens with one attached hydrogen (secondary N) is 1. The van der Waals surface area contributed by atoms with Crippen molar-refractivity contribution in [2.45, 2.75) is 6.54 Å². The van der Waals surface area contributed by atoms with Crippen LogP contribution in [0.4, 0.5) is 9.59 Å². The first-order chi connectivity index (χ1) is 11.0. The van der Waals surface area contributed by atoms with Crippen LogP contribution < -0.4 is 0 Å². The molecule has 3 N–H and O–H groups in total. The van der Waals surface area contributed by atoms with Gasteiger partial charge in [-0.2, -0.15) is 0 Å². The molecule has 1 aromatic heterocycles. The molecular weight excluding hydrogens is 298 g/mol. The first kappa shape index (κ1) is 14.6. The molecule has 0 atom stereocenters. The number of benzene rings is 2. The zero-order valence-corrected chi connectivity index (χ0v) is 11.9. The Morgan fingerprint density at radius 2 is 1.65 bits per heavy atom. The van der Waals surface area contributed by atoms with Crippen LogP contribution >= 0.6 is 0 Å². The molecule has 0 unspecified atom stereocenters. The SMILES string of the molecule is O=C(O)N(Cc1ccc(-c2nc3ccccc3[nH]2)cc1)C(=O)O. The van der Waals surface area contributed by atoms with Gasteiger partial charge in [0.1, 0.15) is 5.82 Å². The molecule has 7 nitrogen and oxygen atoms in total. The van der Waals surface area contributed by atoms with Crippen LogP contribution in [-0.4, -0.2) is 37.3 Å². The number of nitrogens with zero attached hydrogens (tertiary/aromatic N) is 2. The maximum absolute atomic E-state index is 10.9. The van der Waals surface area contributed by atoms with E-state index in [1.54, 1.807) is 24.3 Å². The lowest BCUT2D eigenvalue weighted by Crippen LogP contribution is -2.33. The Balaban J connectivity index is 1.84. The third kappa shape index (κ3) is 2.98. The molecule has 0 bridgehead atoms. The first-order valence-electron chi connectivity index (χ1n) is 6.82. The van der Waals surface area contributed by atoms with Gasteiger partial charge >= 0.3 is 12.2 Å². The van der Waals surface area contributed by atoms with Crippen molar-refractivity contribution < 1.29 is 19.8 Å². The van der Waals surface area contributed by atoms with E-state index in [1.165, 1.54) is 0 Å². The van der Waals surface area contributed by atoms with Crippen LogP contribution in [0, 0.1) is 0 Å². The highest BCUT2D eigenvalue weighted by Gasteiger charge is 2.19. The van der Waals surface area contributed by atoms with E-state index < -0.39 is 12.2 Å². The van der Waals surface area contributed by atoms with Crippen molar-refractivity contribution in [3.05, 3.63) is 54.1 Å². The van der Waals surface area contributed by atoms with Crippen molar-refractivity contribution in [1.29, 1.82) is 0 Å². The maximum Gasteiger partial charge on any atom is 0.417 e. The number of rotatable bonds is 3. The normalized spacial score (nSPS) is 10.6.